The number of hydrogen-bond acceptors (Lipinski definition) is 6. The van der Waals surface area contributed by atoms with Crippen LogP contribution in [0.25, 0.3) is 0 Å². The lowest BCUT2D eigenvalue weighted by Gasteiger charge is -2.33. The van der Waals surface area contributed by atoms with Crippen molar-refractivity contribution in [2.24, 2.45) is 0 Å². The number of ether oxygens (including phenoxy) is 2. The van der Waals surface area contributed by atoms with E-state index in [2.05, 4.69) is 5.32 Å². The SMILES string of the molecule is CCOc1ccc(S(=O)(=O)N(CC(=O)N(Cc2cccc(OC)c2)C(CC)C(=O)NC2CCCC2)c2ccccc2)cc1. The number of hydrogen-bond donors (Lipinski definition) is 1. The maximum Gasteiger partial charge on any atom is 0.264 e. The topological polar surface area (TPSA) is 105 Å². The van der Waals surface area contributed by atoms with E-state index in [1.165, 1.54) is 17.0 Å². The third kappa shape index (κ3) is 8.07. The molecule has 1 saturated carbocycles. The molecule has 2 amide bonds. The highest BCUT2D eigenvalue weighted by Crippen LogP contribution is 2.27. The van der Waals surface area contributed by atoms with Crippen molar-refractivity contribution >= 4 is 27.5 Å². The molecule has 1 aliphatic rings. The average molecular weight is 608 g/mol. The summed E-state index contributed by atoms with van der Waals surface area (Å²) < 4.78 is 40.0. The van der Waals surface area contributed by atoms with E-state index in [0.717, 1.165) is 35.6 Å². The summed E-state index contributed by atoms with van der Waals surface area (Å²) >= 11 is 0. The molecular formula is C33H41N3O6S. The first-order valence-corrected chi connectivity index (χ1v) is 16.2. The van der Waals surface area contributed by atoms with Crippen LogP contribution in [0.15, 0.2) is 83.8 Å². The summed E-state index contributed by atoms with van der Waals surface area (Å²) in [5.41, 5.74) is 1.11. The minimum Gasteiger partial charge on any atom is -0.497 e. The van der Waals surface area contributed by atoms with Gasteiger partial charge in [-0.3, -0.25) is 13.9 Å². The lowest BCUT2D eigenvalue weighted by molar-refractivity contribution is -0.140. The van der Waals surface area contributed by atoms with Crippen molar-refractivity contribution in [3.63, 3.8) is 0 Å². The van der Waals surface area contributed by atoms with Gasteiger partial charge in [-0.2, -0.15) is 0 Å². The van der Waals surface area contributed by atoms with Gasteiger partial charge in [0.05, 0.1) is 24.3 Å². The molecule has 1 N–H and O–H groups in total. The van der Waals surface area contributed by atoms with Gasteiger partial charge < -0.3 is 19.7 Å². The molecule has 0 spiro atoms. The first-order chi connectivity index (χ1) is 20.8. The van der Waals surface area contributed by atoms with Gasteiger partial charge in [0.2, 0.25) is 11.8 Å². The van der Waals surface area contributed by atoms with Crippen LogP contribution in [0.1, 0.15) is 51.5 Å². The largest absolute Gasteiger partial charge is 0.497 e. The number of para-hydroxylation sites is 1. The fourth-order valence-corrected chi connectivity index (χ4v) is 6.79. The third-order valence-electron chi connectivity index (χ3n) is 7.62. The van der Waals surface area contributed by atoms with Crippen LogP contribution in [0.2, 0.25) is 0 Å². The van der Waals surface area contributed by atoms with Crippen LogP contribution in [-0.4, -0.2) is 57.5 Å². The van der Waals surface area contributed by atoms with Crippen LogP contribution in [0.5, 0.6) is 11.5 Å². The monoisotopic (exact) mass is 607 g/mol. The predicted molar refractivity (Wildman–Crippen MR) is 167 cm³/mol. The van der Waals surface area contributed by atoms with Crippen molar-refractivity contribution in [2.45, 2.75) is 69.5 Å². The molecule has 1 atom stereocenters. The van der Waals surface area contributed by atoms with Crippen LogP contribution in [0.3, 0.4) is 0 Å². The van der Waals surface area contributed by atoms with E-state index in [1.54, 1.807) is 55.6 Å². The number of sulfonamides is 1. The molecule has 0 aromatic heterocycles. The van der Waals surface area contributed by atoms with Crippen LogP contribution in [-0.2, 0) is 26.2 Å². The molecule has 9 nitrogen and oxygen atoms in total. The second kappa shape index (κ2) is 14.9. The van der Waals surface area contributed by atoms with E-state index in [1.807, 2.05) is 32.0 Å². The van der Waals surface area contributed by atoms with E-state index in [9.17, 15) is 18.0 Å². The van der Waals surface area contributed by atoms with Gasteiger partial charge in [0.1, 0.15) is 24.1 Å². The van der Waals surface area contributed by atoms with E-state index < -0.39 is 28.5 Å². The number of methoxy groups -OCH3 is 1. The maximum atomic E-state index is 14.2. The molecule has 43 heavy (non-hydrogen) atoms. The molecule has 0 bridgehead atoms. The fraction of sp³-hybridized carbons (Fsp3) is 0.394. The third-order valence-corrected chi connectivity index (χ3v) is 9.41. The van der Waals surface area contributed by atoms with Gasteiger partial charge in [-0.1, -0.05) is 50.1 Å². The smallest absolute Gasteiger partial charge is 0.264 e. The molecule has 1 unspecified atom stereocenters. The summed E-state index contributed by atoms with van der Waals surface area (Å²) in [5, 5.41) is 3.13. The molecule has 0 aliphatic heterocycles. The Labute approximate surface area is 254 Å². The van der Waals surface area contributed by atoms with Crippen LogP contribution in [0, 0.1) is 0 Å². The quantitative estimate of drug-likeness (QED) is 0.272. The molecule has 1 fully saturated rings. The van der Waals surface area contributed by atoms with Gasteiger partial charge in [0.25, 0.3) is 10.0 Å². The van der Waals surface area contributed by atoms with Gasteiger partial charge >= 0.3 is 0 Å². The minimum atomic E-state index is -4.16. The maximum absolute atomic E-state index is 14.2. The van der Waals surface area contributed by atoms with Crippen molar-refractivity contribution in [1.82, 2.24) is 10.2 Å². The molecule has 3 aromatic rings. The highest BCUT2D eigenvalue weighted by Gasteiger charge is 2.34. The van der Waals surface area contributed by atoms with E-state index >= 15 is 0 Å². The molecule has 230 valence electrons. The number of rotatable bonds is 14. The number of nitrogens with one attached hydrogen (secondary N) is 1. The Balaban J connectivity index is 1.69. The molecule has 1 aliphatic carbocycles. The highest BCUT2D eigenvalue weighted by molar-refractivity contribution is 7.92. The van der Waals surface area contributed by atoms with Crippen LogP contribution >= 0.6 is 0 Å². The number of nitrogens with zero attached hydrogens (tertiary/aromatic N) is 2. The summed E-state index contributed by atoms with van der Waals surface area (Å²) in [4.78, 5) is 29.3. The van der Waals surface area contributed by atoms with Crippen molar-refractivity contribution in [3.8, 4) is 11.5 Å². The lowest BCUT2D eigenvalue weighted by Crippen LogP contribution is -2.53. The molecule has 4 rings (SSSR count). The van der Waals surface area contributed by atoms with Crippen LogP contribution < -0.4 is 19.1 Å². The summed E-state index contributed by atoms with van der Waals surface area (Å²) in [6, 6.07) is 21.2. The first-order valence-electron chi connectivity index (χ1n) is 14.8. The lowest BCUT2D eigenvalue weighted by atomic mass is 10.1. The van der Waals surface area contributed by atoms with E-state index in [4.69, 9.17) is 9.47 Å². The molecule has 3 aromatic carbocycles. The summed E-state index contributed by atoms with van der Waals surface area (Å²) in [6.45, 7) is 3.78. The molecular weight excluding hydrogens is 566 g/mol. The average Bonchev–Trinajstić information content (AvgIpc) is 3.53. The number of carbonyl (C=O) groups excluding carboxylic acids is 2. The first kappa shape index (κ1) is 31.9. The van der Waals surface area contributed by atoms with Crippen LogP contribution in [0.4, 0.5) is 5.69 Å². The van der Waals surface area contributed by atoms with Crippen molar-refractivity contribution < 1.29 is 27.5 Å². The Bertz CT molecular complexity index is 1460. The van der Waals surface area contributed by atoms with Crippen molar-refractivity contribution in [1.29, 1.82) is 0 Å². The zero-order valence-corrected chi connectivity index (χ0v) is 25.9. The Morgan fingerprint density at radius 3 is 2.26 bits per heavy atom. The predicted octanol–water partition coefficient (Wildman–Crippen LogP) is 5.16. The van der Waals surface area contributed by atoms with Gasteiger partial charge in [0, 0.05) is 12.6 Å². The summed E-state index contributed by atoms with van der Waals surface area (Å²) in [6.07, 6.45) is 4.31. The van der Waals surface area contributed by atoms with Gasteiger partial charge in [-0.15, -0.1) is 0 Å². The molecule has 0 heterocycles. The van der Waals surface area contributed by atoms with Crippen molar-refractivity contribution in [2.75, 3.05) is 24.6 Å². The normalized spacial score (nSPS) is 14.1. The van der Waals surface area contributed by atoms with Crippen molar-refractivity contribution in [3.05, 3.63) is 84.4 Å². The fourth-order valence-electron chi connectivity index (χ4n) is 5.38. The van der Waals surface area contributed by atoms with Gasteiger partial charge in [0.15, 0.2) is 0 Å². The summed E-state index contributed by atoms with van der Waals surface area (Å²) in [5.74, 6) is 0.450. The number of benzene rings is 3. The number of amides is 2. The van der Waals surface area contributed by atoms with Gasteiger partial charge in [-0.25, -0.2) is 8.42 Å². The second-order valence-corrected chi connectivity index (χ2v) is 12.4. The molecule has 10 heteroatoms. The second-order valence-electron chi connectivity index (χ2n) is 10.5. The van der Waals surface area contributed by atoms with E-state index in [0.29, 0.717) is 30.2 Å². The Morgan fingerprint density at radius 1 is 0.930 bits per heavy atom. The Morgan fingerprint density at radius 2 is 1.63 bits per heavy atom. The zero-order valence-electron chi connectivity index (χ0n) is 25.1. The van der Waals surface area contributed by atoms with E-state index in [-0.39, 0.29) is 23.4 Å². The van der Waals surface area contributed by atoms with Gasteiger partial charge in [-0.05, 0) is 80.3 Å². The molecule has 0 saturated heterocycles. The standard InChI is InChI=1S/C33H41N3O6S/c1-4-31(33(38)34-26-13-9-10-14-26)35(23-25-12-11-17-29(22-25)41-3)32(37)24-36(27-15-7-6-8-16-27)43(39,40)30-20-18-28(19-21-30)42-5-2/h6-8,11-12,15-22,26,31H,4-5,9-10,13-14,23-24H2,1-3H3,(H,34,38). The number of carbonyl (C=O) groups is 2. The summed E-state index contributed by atoms with van der Waals surface area (Å²) in [7, 11) is -2.59. The number of anilines is 1. The molecule has 0 radical (unpaired) electrons. The Hall–Kier alpha value is -4.05. The minimum absolute atomic E-state index is 0.0259. The zero-order chi connectivity index (χ0) is 30.8. The highest BCUT2D eigenvalue weighted by atomic mass is 32.2. The Kier molecular flexibility index (Phi) is 11.1.